The summed E-state index contributed by atoms with van der Waals surface area (Å²) in [6, 6.07) is 6.23. The van der Waals surface area contributed by atoms with Crippen molar-refractivity contribution in [1.82, 2.24) is 5.32 Å². The van der Waals surface area contributed by atoms with Crippen LogP contribution in [0.2, 0.25) is 0 Å². The largest absolute Gasteiger partial charge is 0.459 e. The van der Waals surface area contributed by atoms with Gasteiger partial charge < -0.3 is 15.1 Å². The van der Waals surface area contributed by atoms with Crippen LogP contribution >= 0.6 is 0 Å². The van der Waals surface area contributed by atoms with Crippen LogP contribution in [0.4, 0.5) is 15.8 Å². The summed E-state index contributed by atoms with van der Waals surface area (Å²) >= 11 is 0. The van der Waals surface area contributed by atoms with E-state index < -0.39 is 16.6 Å². The maximum atomic E-state index is 13.1. The molecular weight excluding hydrogens is 281 g/mol. The molecule has 0 radical (unpaired) electrons. The fraction of sp³-hybridized carbons (Fsp3) is 0.154. The monoisotopic (exact) mass is 293 g/mol. The lowest BCUT2D eigenvalue weighted by Gasteiger charge is -2.07. The van der Waals surface area contributed by atoms with Crippen molar-refractivity contribution in [3.63, 3.8) is 0 Å². The number of nitrogens with one attached hydrogen (secondary N) is 2. The standard InChI is InChI=1S/C13H12FN3O4/c14-9-3-4-11(17(19)20)10(8-9)15-5-6-16-13(18)12-2-1-7-21-12/h1-4,7-8,15H,5-6H2,(H,16,18). The predicted molar refractivity (Wildman–Crippen MR) is 72.6 cm³/mol. The first-order valence-electron chi connectivity index (χ1n) is 6.07. The molecule has 2 rings (SSSR count). The van der Waals surface area contributed by atoms with Gasteiger partial charge in [-0.05, 0) is 18.2 Å². The average molecular weight is 293 g/mol. The number of nitro benzene ring substituents is 1. The number of halogens is 1. The summed E-state index contributed by atoms with van der Waals surface area (Å²) in [7, 11) is 0. The van der Waals surface area contributed by atoms with Crippen molar-refractivity contribution in [2.75, 3.05) is 18.4 Å². The summed E-state index contributed by atoms with van der Waals surface area (Å²) in [5.41, 5.74) is -0.166. The fourth-order valence-corrected chi connectivity index (χ4v) is 1.68. The second kappa shape index (κ2) is 6.51. The predicted octanol–water partition coefficient (Wildman–Crippen LogP) is 2.17. The minimum absolute atomic E-state index is 0.0623. The van der Waals surface area contributed by atoms with E-state index in [1.807, 2.05) is 0 Å². The zero-order valence-corrected chi connectivity index (χ0v) is 10.8. The van der Waals surface area contributed by atoms with Crippen molar-refractivity contribution in [1.29, 1.82) is 0 Å². The Labute approximate surface area is 118 Å². The first-order valence-corrected chi connectivity index (χ1v) is 6.07. The van der Waals surface area contributed by atoms with Gasteiger partial charge in [0.25, 0.3) is 11.6 Å². The molecule has 2 N–H and O–H groups in total. The second-order valence-electron chi connectivity index (χ2n) is 4.08. The van der Waals surface area contributed by atoms with Crippen molar-refractivity contribution in [3.8, 4) is 0 Å². The highest BCUT2D eigenvalue weighted by atomic mass is 19.1. The van der Waals surface area contributed by atoms with Crippen LogP contribution in [-0.2, 0) is 0 Å². The molecule has 0 aliphatic carbocycles. The molecule has 0 atom stereocenters. The summed E-state index contributed by atoms with van der Waals surface area (Å²) < 4.78 is 18.0. The normalized spacial score (nSPS) is 10.1. The van der Waals surface area contributed by atoms with Crippen LogP contribution in [0.1, 0.15) is 10.6 Å². The highest BCUT2D eigenvalue weighted by Gasteiger charge is 2.14. The van der Waals surface area contributed by atoms with Gasteiger partial charge in [0.15, 0.2) is 5.76 Å². The van der Waals surface area contributed by atoms with Gasteiger partial charge in [0, 0.05) is 25.2 Å². The molecule has 0 saturated carbocycles. The van der Waals surface area contributed by atoms with Crippen molar-refractivity contribution >= 4 is 17.3 Å². The number of hydrogen-bond donors (Lipinski definition) is 2. The third kappa shape index (κ3) is 3.78. The Balaban J connectivity index is 1.87. The van der Waals surface area contributed by atoms with Gasteiger partial charge in [-0.1, -0.05) is 0 Å². The molecule has 1 heterocycles. The van der Waals surface area contributed by atoms with E-state index in [1.165, 1.54) is 12.3 Å². The van der Waals surface area contributed by atoms with E-state index in [4.69, 9.17) is 4.42 Å². The highest BCUT2D eigenvalue weighted by molar-refractivity contribution is 5.91. The number of nitrogens with zero attached hydrogens (tertiary/aromatic N) is 1. The lowest BCUT2D eigenvalue weighted by molar-refractivity contribution is -0.384. The molecule has 0 spiro atoms. The molecule has 0 unspecified atom stereocenters. The summed E-state index contributed by atoms with van der Waals surface area (Å²) in [6.45, 7) is 0.407. The molecule has 2 aromatic rings. The van der Waals surface area contributed by atoms with Crippen molar-refractivity contribution in [2.45, 2.75) is 0 Å². The number of nitro groups is 1. The van der Waals surface area contributed by atoms with Gasteiger partial charge in [0.1, 0.15) is 11.5 Å². The molecule has 0 saturated heterocycles. The van der Waals surface area contributed by atoms with E-state index in [2.05, 4.69) is 10.6 Å². The molecule has 8 heteroatoms. The molecule has 0 bridgehead atoms. The summed E-state index contributed by atoms with van der Waals surface area (Å²) in [5, 5.41) is 16.1. The van der Waals surface area contributed by atoms with Gasteiger partial charge >= 0.3 is 0 Å². The SMILES string of the molecule is O=C(NCCNc1cc(F)ccc1[N+](=O)[O-])c1ccco1. The number of carbonyl (C=O) groups is 1. The fourth-order valence-electron chi connectivity index (χ4n) is 1.68. The number of benzene rings is 1. The van der Waals surface area contributed by atoms with Crippen LogP contribution in [0, 0.1) is 15.9 Å². The quantitative estimate of drug-likeness (QED) is 0.483. The van der Waals surface area contributed by atoms with Gasteiger partial charge in [-0.3, -0.25) is 14.9 Å². The lowest BCUT2D eigenvalue weighted by atomic mass is 10.2. The maximum Gasteiger partial charge on any atom is 0.292 e. The molecule has 7 nitrogen and oxygen atoms in total. The van der Waals surface area contributed by atoms with Crippen LogP contribution in [0.15, 0.2) is 41.0 Å². The molecule has 1 aromatic heterocycles. The van der Waals surface area contributed by atoms with Crippen LogP contribution in [0.5, 0.6) is 0 Å². The van der Waals surface area contributed by atoms with Gasteiger partial charge in [-0.15, -0.1) is 0 Å². The first kappa shape index (κ1) is 14.5. The average Bonchev–Trinajstić information content (AvgIpc) is 2.97. The smallest absolute Gasteiger partial charge is 0.292 e. The van der Waals surface area contributed by atoms with E-state index in [0.29, 0.717) is 0 Å². The molecule has 21 heavy (non-hydrogen) atoms. The minimum Gasteiger partial charge on any atom is -0.459 e. The van der Waals surface area contributed by atoms with Crippen LogP contribution in [0.25, 0.3) is 0 Å². The zero-order valence-electron chi connectivity index (χ0n) is 10.8. The molecule has 1 aromatic carbocycles. The van der Waals surface area contributed by atoms with Crippen LogP contribution < -0.4 is 10.6 Å². The Morgan fingerprint density at radius 2 is 2.14 bits per heavy atom. The van der Waals surface area contributed by atoms with Crippen LogP contribution in [0.3, 0.4) is 0 Å². The van der Waals surface area contributed by atoms with Crippen molar-refractivity contribution < 1.29 is 18.5 Å². The summed E-state index contributed by atoms with van der Waals surface area (Å²) in [4.78, 5) is 21.7. The zero-order chi connectivity index (χ0) is 15.2. The Morgan fingerprint density at radius 1 is 1.33 bits per heavy atom. The number of anilines is 1. The van der Waals surface area contributed by atoms with E-state index >= 15 is 0 Å². The van der Waals surface area contributed by atoms with Gasteiger partial charge in [0.05, 0.1) is 11.2 Å². The number of rotatable bonds is 6. The third-order valence-electron chi connectivity index (χ3n) is 2.63. The number of hydrogen-bond acceptors (Lipinski definition) is 5. The molecule has 0 fully saturated rings. The minimum atomic E-state index is -0.608. The Bertz CT molecular complexity index is 643. The molecule has 110 valence electrons. The Kier molecular flexibility index (Phi) is 4.50. The van der Waals surface area contributed by atoms with E-state index in [9.17, 15) is 19.3 Å². The topological polar surface area (TPSA) is 97.4 Å². The van der Waals surface area contributed by atoms with E-state index in [-0.39, 0.29) is 30.2 Å². The van der Waals surface area contributed by atoms with Crippen molar-refractivity contribution in [3.05, 3.63) is 58.3 Å². The molecular formula is C13H12FN3O4. The Morgan fingerprint density at radius 3 is 2.81 bits per heavy atom. The Hall–Kier alpha value is -2.90. The molecule has 0 aliphatic heterocycles. The number of furan rings is 1. The second-order valence-corrected chi connectivity index (χ2v) is 4.08. The van der Waals surface area contributed by atoms with E-state index in [1.54, 1.807) is 6.07 Å². The summed E-state index contributed by atoms with van der Waals surface area (Å²) in [5.74, 6) is -0.801. The number of amides is 1. The number of carbonyl (C=O) groups excluding carboxylic acids is 1. The first-order chi connectivity index (χ1) is 10.1. The highest BCUT2D eigenvalue weighted by Crippen LogP contribution is 2.24. The van der Waals surface area contributed by atoms with Gasteiger partial charge in [-0.25, -0.2) is 4.39 Å². The summed E-state index contributed by atoms with van der Waals surface area (Å²) in [6.07, 6.45) is 1.38. The van der Waals surface area contributed by atoms with Crippen molar-refractivity contribution in [2.24, 2.45) is 0 Å². The van der Waals surface area contributed by atoms with Gasteiger partial charge in [0.2, 0.25) is 0 Å². The maximum absolute atomic E-state index is 13.1. The lowest BCUT2D eigenvalue weighted by Crippen LogP contribution is -2.28. The molecule has 0 aliphatic rings. The van der Waals surface area contributed by atoms with E-state index in [0.717, 1.165) is 18.2 Å². The third-order valence-corrected chi connectivity index (χ3v) is 2.63. The van der Waals surface area contributed by atoms with Gasteiger partial charge in [-0.2, -0.15) is 0 Å². The van der Waals surface area contributed by atoms with Crippen LogP contribution in [-0.4, -0.2) is 23.9 Å². The molecule has 1 amide bonds.